The number of benzene rings is 2. The molecule has 0 aromatic heterocycles. The Labute approximate surface area is 151 Å². The van der Waals surface area contributed by atoms with Crippen molar-refractivity contribution in [1.82, 2.24) is 10.4 Å². The van der Waals surface area contributed by atoms with Gasteiger partial charge in [0.25, 0.3) is 0 Å². The molecule has 140 valence electrons. The first-order valence-electron chi connectivity index (χ1n) is 8.69. The third kappa shape index (κ3) is 3.18. The highest BCUT2D eigenvalue weighted by Crippen LogP contribution is 2.45. The Morgan fingerprint density at radius 1 is 1.04 bits per heavy atom. The van der Waals surface area contributed by atoms with Crippen LogP contribution in [-0.4, -0.2) is 22.6 Å². The van der Waals surface area contributed by atoms with Crippen LogP contribution >= 0.6 is 0 Å². The average Bonchev–Trinajstić information content (AvgIpc) is 2.78. The van der Waals surface area contributed by atoms with Gasteiger partial charge < -0.3 is 0 Å². The Morgan fingerprint density at radius 3 is 2.04 bits per heavy atom. The quantitative estimate of drug-likeness (QED) is 0.823. The predicted octanol–water partition coefficient (Wildman–Crippen LogP) is 5.08. The molecule has 1 saturated heterocycles. The number of hydrogen-bond donors (Lipinski definition) is 1. The molecule has 1 amide bonds. The van der Waals surface area contributed by atoms with Gasteiger partial charge in [-0.15, -0.1) is 0 Å². The Morgan fingerprint density at radius 2 is 1.58 bits per heavy atom. The maximum Gasteiger partial charge on any atom is 0.409 e. The van der Waals surface area contributed by atoms with E-state index in [4.69, 9.17) is 0 Å². The molecule has 1 fully saturated rings. The van der Waals surface area contributed by atoms with E-state index >= 15 is 0 Å². The third-order valence-corrected chi connectivity index (χ3v) is 4.97. The first-order valence-corrected chi connectivity index (χ1v) is 8.69. The molecule has 0 aliphatic carbocycles. The zero-order valence-electron chi connectivity index (χ0n) is 15.3. The number of amides is 1. The molecule has 0 radical (unpaired) electrons. The largest absolute Gasteiger partial charge is 0.409 e. The molecular weight excluding hydrogens is 341 g/mol. The fraction of sp³-hybridized carbons (Fsp3) is 0.450. The number of hydrogen-bond acceptors (Lipinski definition) is 2. The van der Waals surface area contributed by atoms with Gasteiger partial charge in [0.2, 0.25) is 5.91 Å². The van der Waals surface area contributed by atoms with Gasteiger partial charge in [-0.05, 0) is 41.7 Å². The van der Waals surface area contributed by atoms with Crippen LogP contribution in [0, 0.1) is 0 Å². The molecule has 3 rings (SSSR count). The van der Waals surface area contributed by atoms with E-state index in [2.05, 4.69) is 5.43 Å². The molecule has 1 atom stereocenters. The SMILES string of the molecule is CC(C)c1ccc(C(N2NC(=O)CC2(C)C)C(F)(F)F)c2ccccc12. The van der Waals surface area contributed by atoms with Crippen molar-refractivity contribution in [2.45, 2.75) is 57.8 Å². The van der Waals surface area contributed by atoms with E-state index in [9.17, 15) is 18.0 Å². The van der Waals surface area contributed by atoms with Crippen LogP contribution in [0.4, 0.5) is 13.2 Å². The van der Waals surface area contributed by atoms with Gasteiger partial charge in [-0.25, -0.2) is 0 Å². The van der Waals surface area contributed by atoms with Crippen LogP contribution in [0.1, 0.15) is 57.2 Å². The number of rotatable bonds is 3. The highest BCUT2D eigenvalue weighted by atomic mass is 19.4. The highest BCUT2D eigenvalue weighted by Gasteiger charge is 2.53. The molecule has 1 heterocycles. The van der Waals surface area contributed by atoms with E-state index in [1.165, 1.54) is 0 Å². The summed E-state index contributed by atoms with van der Waals surface area (Å²) in [5, 5.41) is 2.45. The van der Waals surface area contributed by atoms with Gasteiger partial charge >= 0.3 is 6.18 Å². The first kappa shape index (κ1) is 18.7. The molecule has 6 heteroatoms. The summed E-state index contributed by atoms with van der Waals surface area (Å²) in [4.78, 5) is 11.8. The minimum atomic E-state index is -4.53. The summed E-state index contributed by atoms with van der Waals surface area (Å²) in [7, 11) is 0. The molecular formula is C20H23F3N2O. The summed E-state index contributed by atoms with van der Waals surface area (Å²) >= 11 is 0. The van der Waals surface area contributed by atoms with Crippen LogP contribution in [0.15, 0.2) is 36.4 Å². The van der Waals surface area contributed by atoms with Crippen LogP contribution < -0.4 is 5.43 Å². The lowest BCUT2D eigenvalue weighted by Gasteiger charge is -2.38. The van der Waals surface area contributed by atoms with E-state index in [1.807, 2.05) is 26.0 Å². The lowest BCUT2D eigenvalue weighted by atomic mass is 9.89. The van der Waals surface area contributed by atoms with Crippen molar-refractivity contribution in [3.63, 3.8) is 0 Å². The summed E-state index contributed by atoms with van der Waals surface area (Å²) in [6.45, 7) is 7.33. The second-order valence-electron chi connectivity index (χ2n) is 7.78. The van der Waals surface area contributed by atoms with Crippen molar-refractivity contribution in [2.24, 2.45) is 0 Å². The normalized spacial score (nSPS) is 19.2. The summed E-state index contributed by atoms with van der Waals surface area (Å²) in [5.74, 6) is -0.200. The Hall–Kier alpha value is -2.08. The van der Waals surface area contributed by atoms with Crippen LogP contribution in [0.2, 0.25) is 0 Å². The maximum absolute atomic E-state index is 14.1. The maximum atomic E-state index is 14.1. The van der Waals surface area contributed by atoms with Crippen LogP contribution in [0.25, 0.3) is 10.8 Å². The number of carbonyl (C=O) groups excluding carboxylic acids is 1. The molecule has 1 aliphatic rings. The number of halogens is 3. The minimum Gasteiger partial charge on any atom is -0.287 e. The fourth-order valence-corrected chi connectivity index (χ4v) is 3.77. The lowest BCUT2D eigenvalue weighted by molar-refractivity contribution is -0.203. The third-order valence-electron chi connectivity index (χ3n) is 4.97. The Bertz CT molecular complexity index is 843. The molecule has 0 saturated carbocycles. The van der Waals surface area contributed by atoms with Crippen molar-refractivity contribution >= 4 is 16.7 Å². The van der Waals surface area contributed by atoms with Crippen LogP contribution in [-0.2, 0) is 4.79 Å². The van der Waals surface area contributed by atoms with E-state index < -0.39 is 23.7 Å². The fourth-order valence-electron chi connectivity index (χ4n) is 3.77. The summed E-state index contributed by atoms with van der Waals surface area (Å²) in [6.07, 6.45) is -4.50. The smallest absolute Gasteiger partial charge is 0.287 e. The molecule has 3 nitrogen and oxygen atoms in total. The minimum absolute atomic E-state index is 0.0294. The Balaban J connectivity index is 2.24. The van der Waals surface area contributed by atoms with E-state index in [1.54, 1.807) is 38.1 Å². The number of alkyl halides is 3. The second kappa shape index (κ2) is 6.27. The number of nitrogens with zero attached hydrogens (tertiary/aromatic N) is 1. The standard InChI is InChI=1S/C20H23F3N2O/c1-12(2)13-9-10-16(15-8-6-5-7-14(13)15)18(20(21,22)23)25-19(3,4)11-17(26)24-25/h5-10,12,18H,11H2,1-4H3,(H,24,26). The van der Waals surface area contributed by atoms with Gasteiger partial charge in [0.1, 0.15) is 0 Å². The van der Waals surface area contributed by atoms with Crippen LogP contribution in [0.3, 0.4) is 0 Å². The van der Waals surface area contributed by atoms with Gasteiger partial charge in [-0.3, -0.25) is 10.2 Å². The topological polar surface area (TPSA) is 32.3 Å². The zero-order valence-corrected chi connectivity index (χ0v) is 15.3. The highest BCUT2D eigenvalue weighted by molar-refractivity contribution is 5.89. The van der Waals surface area contributed by atoms with Crippen molar-refractivity contribution in [3.8, 4) is 0 Å². The van der Waals surface area contributed by atoms with Gasteiger partial charge in [-0.1, -0.05) is 50.2 Å². The van der Waals surface area contributed by atoms with Gasteiger partial charge in [0.15, 0.2) is 6.04 Å². The van der Waals surface area contributed by atoms with E-state index in [0.717, 1.165) is 16.0 Å². The monoisotopic (exact) mass is 364 g/mol. The molecule has 0 bridgehead atoms. The summed E-state index contributed by atoms with van der Waals surface area (Å²) in [6, 6.07) is 8.58. The molecule has 1 N–H and O–H groups in total. The number of nitrogens with one attached hydrogen (secondary N) is 1. The van der Waals surface area contributed by atoms with Gasteiger partial charge in [0, 0.05) is 12.0 Å². The van der Waals surface area contributed by atoms with Gasteiger partial charge in [0.05, 0.1) is 0 Å². The number of carbonyl (C=O) groups is 1. The Kier molecular flexibility index (Phi) is 4.51. The lowest BCUT2D eigenvalue weighted by Crippen LogP contribution is -2.51. The average molecular weight is 364 g/mol. The van der Waals surface area contributed by atoms with E-state index in [-0.39, 0.29) is 17.9 Å². The van der Waals surface area contributed by atoms with E-state index in [0.29, 0.717) is 5.39 Å². The molecule has 1 aliphatic heterocycles. The van der Waals surface area contributed by atoms with Crippen molar-refractivity contribution in [2.75, 3.05) is 0 Å². The first-order chi connectivity index (χ1) is 12.0. The molecule has 0 spiro atoms. The molecule has 2 aromatic rings. The molecule has 1 unspecified atom stereocenters. The summed E-state index contributed by atoms with van der Waals surface area (Å²) < 4.78 is 42.4. The summed E-state index contributed by atoms with van der Waals surface area (Å²) in [5.41, 5.74) is 2.66. The van der Waals surface area contributed by atoms with Crippen molar-refractivity contribution < 1.29 is 18.0 Å². The predicted molar refractivity (Wildman–Crippen MR) is 95.5 cm³/mol. The molecule has 2 aromatic carbocycles. The second-order valence-corrected chi connectivity index (χ2v) is 7.78. The number of fused-ring (bicyclic) bond motifs is 1. The van der Waals surface area contributed by atoms with Crippen molar-refractivity contribution in [1.29, 1.82) is 0 Å². The van der Waals surface area contributed by atoms with Crippen molar-refractivity contribution in [3.05, 3.63) is 47.5 Å². The molecule has 26 heavy (non-hydrogen) atoms. The zero-order chi connectivity index (χ0) is 19.3. The number of hydrazine groups is 1. The van der Waals surface area contributed by atoms with Gasteiger partial charge in [-0.2, -0.15) is 18.2 Å². The van der Waals surface area contributed by atoms with Crippen LogP contribution in [0.5, 0.6) is 0 Å².